The van der Waals surface area contributed by atoms with E-state index in [9.17, 15) is 4.21 Å². The number of benzene rings is 2. The second-order valence-electron chi connectivity index (χ2n) is 5.40. The lowest BCUT2D eigenvalue weighted by atomic mass is 10.1. The van der Waals surface area contributed by atoms with Crippen LogP contribution in [0.2, 0.25) is 0 Å². The molecular weight excluding hydrogens is 344 g/mol. The molecular formula is C21H32N2O2S. The smallest absolute Gasteiger partial charge is 0.242 e. The fourth-order valence-electron chi connectivity index (χ4n) is 2.64. The molecule has 0 saturated carbocycles. The molecule has 2 aromatic rings. The largest absolute Gasteiger partial charge is 0.398 e. The highest BCUT2D eigenvalue weighted by Gasteiger charge is 2.15. The summed E-state index contributed by atoms with van der Waals surface area (Å²) in [6, 6.07) is 14.8. The van der Waals surface area contributed by atoms with E-state index < -0.39 is 11.1 Å². The van der Waals surface area contributed by atoms with Crippen LogP contribution in [0.4, 0.5) is 11.4 Å². The van der Waals surface area contributed by atoms with Crippen LogP contribution in [0.3, 0.4) is 0 Å². The van der Waals surface area contributed by atoms with Crippen molar-refractivity contribution in [2.24, 2.45) is 0 Å². The minimum Gasteiger partial charge on any atom is -0.398 e. The van der Waals surface area contributed by atoms with Gasteiger partial charge in [0.05, 0.1) is 5.69 Å². The number of nitrogen functional groups attached to an aromatic ring is 1. The van der Waals surface area contributed by atoms with E-state index in [1.54, 1.807) is 18.2 Å². The molecule has 5 heteroatoms. The van der Waals surface area contributed by atoms with Crippen LogP contribution in [0.15, 0.2) is 53.4 Å². The minimum absolute atomic E-state index is 0.511. The Morgan fingerprint density at radius 3 is 2.12 bits per heavy atom. The Morgan fingerprint density at radius 2 is 1.54 bits per heavy atom. The number of nitrogens with zero attached hydrogens (tertiary/aromatic N) is 1. The van der Waals surface area contributed by atoms with E-state index in [1.165, 1.54) is 19.3 Å². The Kier molecular flexibility index (Phi) is 10.5. The van der Waals surface area contributed by atoms with Crippen LogP contribution < -0.4 is 14.8 Å². The molecule has 0 radical (unpaired) electrons. The van der Waals surface area contributed by atoms with Gasteiger partial charge in [0.1, 0.15) is 10.6 Å². The maximum atomic E-state index is 12.3. The van der Waals surface area contributed by atoms with Gasteiger partial charge in [-0.25, -0.2) is 4.21 Å². The molecule has 144 valence electrons. The predicted molar refractivity (Wildman–Crippen MR) is 113 cm³/mol. The summed E-state index contributed by atoms with van der Waals surface area (Å²) < 4.78 is 17.8. The zero-order valence-corrected chi connectivity index (χ0v) is 17.2. The zero-order valence-electron chi connectivity index (χ0n) is 16.4. The minimum atomic E-state index is -1.60. The highest BCUT2D eigenvalue weighted by atomic mass is 32.2. The van der Waals surface area contributed by atoms with E-state index in [1.807, 2.05) is 58.0 Å². The summed E-state index contributed by atoms with van der Waals surface area (Å²) in [5, 5.41) is 0. The van der Waals surface area contributed by atoms with Crippen molar-refractivity contribution in [3.05, 3.63) is 48.5 Å². The SMILES string of the molecule is CC.CC.Nc1cc(N2CCCCC2)ccc1S(=O)Oc1ccccc1. The summed E-state index contributed by atoms with van der Waals surface area (Å²) in [5.41, 5.74) is 7.69. The van der Waals surface area contributed by atoms with Gasteiger partial charge in [0.25, 0.3) is 0 Å². The Balaban J connectivity index is 0.000000791. The molecule has 26 heavy (non-hydrogen) atoms. The van der Waals surface area contributed by atoms with Gasteiger partial charge in [-0.05, 0) is 49.6 Å². The van der Waals surface area contributed by atoms with Crippen molar-refractivity contribution in [3.63, 3.8) is 0 Å². The molecule has 1 heterocycles. The van der Waals surface area contributed by atoms with Gasteiger partial charge >= 0.3 is 0 Å². The maximum absolute atomic E-state index is 12.3. The molecule has 1 aliphatic heterocycles. The molecule has 2 N–H and O–H groups in total. The first kappa shape index (κ1) is 22.0. The van der Waals surface area contributed by atoms with Crippen molar-refractivity contribution in [1.29, 1.82) is 0 Å². The summed E-state index contributed by atoms with van der Waals surface area (Å²) in [6.45, 7) is 10.1. The number of nitrogens with two attached hydrogens (primary N) is 1. The number of piperidine rings is 1. The lowest BCUT2D eigenvalue weighted by Gasteiger charge is -2.29. The van der Waals surface area contributed by atoms with Crippen molar-refractivity contribution < 1.29 is 8.39 Å². The third kappa shape index (κ3) is 6.37. The van der Waals surface area contributed by atoms with Gasteiger partial charge in [-0.15, -0.1) is 0 Å². The third-order valence-corrected chi connectivity index (χ3v) is 4.88. The summed E-state index contributed by atoms with van der Waals surface area (Å²) in [6.07, 6.45) is 3.72. The first-order valence-electron chi connectivity index (χ1n) is 9.54. The highest BCUT2D eigenvalue weighted by Crippen LogP contribution is 2.27. The van der Waals surface area contributed by atoms with Crippen molar-refractivity contribution in [1.82, 2.24) is 0 Å². The first-order chi connectivity index (χ1) is 12.7. The Hall–Kier alpha value is -2.01. The quantitative estimate of drug-likeness (QED) is 0.725. The predicted octanol–water partition coefficient (Wildman–Crippen LogP) is 5.41. The average Bonchev–Trinajstić information content (AvgIpc) is 2.72. The highest BCUT2D eigenvalue weighted by molar-refractivity contribution is 7.80. The molecule has 1 unspecified atom stereocenters. The lowest BCUT2D eigenvalue weighted by molar-refractivity contribution is 0.562. The molecule has 0 aromatic heterocycles. The first-order valence-corrected chi connectivity index (χ1v) is 10.6. The fourth-order valence-corrected chi connectivity index (χ4v) is 3.45. The molecule has 0 spiro atoms. The summed E-state index contributed by atoms with van der Waals surface area (Å²) in [5.74, 6) is 0.570. The van der Waals surface area contributed by atoms with Crippen LogP contribution in [-0.2, 0) is 11.1 Å². The maximum Gasteiger partial charge on any atom is 0.242 e. The van der Waals surface area contributed by atoms with Crippen molar-refractivity contribution in [2.45, 2.75) is 51.9 Å². The molecule has 1 saturated heterocycles. The third-order valence-electron chi connectivity index (χ3n) is 3.81. The van der Waals surface area contributed by atoms with Gasteiger partial charge in [0.2, 0.25) is 11.1 Å². The monoisotopic (exact) mass is 376 g/mol. The van der Waals surface area contributed by atoms with Gasteiger partial charge in [-0.3, -0.25) is 0 Å². The fraction of sp³-hybridized carbons (Fsp3) is 0.429. The molecule has 1 aliphatic rings. The molecule has 0 aliphatic carbocycles. The van der Waals surface area contributed by atoms with Gasteiger partial charge in [-0.1, -0.05) is 45.9 Å². The van der Waals surface area contributed by atoms with Gasteiger partial charge in [0.15, 0.2) is 0 Å². The Bertz CT molecular complexity index is 656. The molecule has 1 atom stereocenters. The normalized spacial score (nSPS) is 14.2. The molecule has 0 amide bonds. The number of hydrogen-bond acceptors (Lipinski definition) is 4. The Morgan fingerprint density at radius 1 is 0.923 bits per heavy atom. The van der Waals surface area contributed by atoms with Crippen LogP contribution in [-0.4, -0.2) is 17.3 Å². The summed E-state index contributed by atoms with van der Waals surface area (Å²) in [4.78, 5) is 2.84. The second-order valence-corrected chi connectivity index (χ2v) is 6.48. The van der Waals surface area contributed by atoms with Crippen molar-refractivity contribution in [3.8, 4) is 5.75 Å². The Labute approximate surface area is 161 Å². The van der Waals surface area contributed by atoms with E-state index in [4.69, 9.17) is 9.92 Å². The van der Waals surface area contributed by atoms with E-state index in [2.05, 4.69) is 4.90 Å². The molecule has 4 nitrogen and oxygen atoms in total. The zero-order chi connectivity index (χ0) is 19.4. The van der Waals surface area contributed by atoms with E-state index in [0.717, 1.165) is 18.8 Å². The van der Waals surface area contributed by atoms with Crippen molar-refractivity contribution >= 4 is 22.5 Å². The van der Waals surface area contributed by atoms with E-state index in [0.29, 0.717) is 16.3 Å². The summed E-state index contributed by atoms with van der Waals surface area (Å²) in [7, 11) is 0. The van der Waals surface area contributed by atoms with Crippen LogP contribution in [0.1, 0.15) is 47.0 Å². The van der Waals surface area contributed by atoms with Crippen LogP contribution in [0.25, 0.3) is 0 Å². The standard InChI is InChI=1S/C17H20N2O2S.2C2H6/c18-16-13-14(19-11-5-2-6-12-19)9-10-17(16)22(20)21-15-7-3-1-4-8-15;2*1-2/h1,3-4,7-10,13H,2,5-6,11-12,18H2;2*1-2H3. The molecule has 1 fully saturated rings. The van der Waals surface area contributed by atoms with E-state index >= 15 is 0 Å². The van der Waals surface area contributed by atoms with Gasteiger partial charge < -0.3 is 14.8 Å². The number of anilines is 2. The average molecular weight is 377 g/mol. The number of para-hydroxylation sites is 1. The van der Waals surface area contributed by atoms with Crippen LogP contribution >= 0.6 is 0 Å². The molecule has 0 bridgehead atoms. The molecule has 2 aromatic carbocycles. The van der Waals surface area contributed by atoms with Crippen LogP contribution in [0, 0.1) is 0 Å². The lowest BCUT2D eigenvalue weighted by Crippen LogP contribution is -2.29. The summed E-state index contributed by atoms with van der Waals surface area (Å²) >= 11 is -1.60. The van der Waals surface area contributed by atoms with Gasteiger partial charge in [-0.2, -0.15) is 0 Å². The second kappa shape index (κ2) is 12.4. The molecule has 3 rings (SSSR count). The van der Waals surface area contributed by atoms with Gasteiger partial charge in [0, 0.05) is 18.8 Å². The van der Waals surface area contributed by atoms with E-state index in [-0.39, 0.29) is 0 Å². The topological polar surface area (TPSA) is 55.6 Å². The number of hydrogen-bond donors (Lipinski definition) is 1. The van der Waals surface area contributed by atoms with Crippen molar-refractivity contribution in [2.75, 3.05) is 23.7 Å². The van der Waals surface area contributed by atoms with Crippen LogP contribution in [0.5, 0.6) is 5.75 Å². The number of rotatable bonds is 4.